The Morgan fingerprint density at radius 1 is 1.17 bits per heavy atom. The summed E-state index contributed by atoms with van der Waals surface area (Å²) in [6.07, 6.45) is 3.32. The van der Waals surface area contributed by atoms with Crippen LogP contribution in [0.2, 0.25) is 5.02 Å². The lowest BCUT2D eigenvalue weighted by molar-refractivity contribution is -0.116. The third-order valence-electron chi connectivity index (χ3n) is 5.99. The van der Waals surface area contributed by atoms with Gasteiger partial charge in [0, 0.05) is 49.6 Å². The molecule has 0 atom stereocenters. The Morgan fingerprint density at radius 3 is 2.63 bits per heavy atom. The summed E-state index contributed by atoms with van der Waals surface area (Å²) in [4.78, 5) is 35.1. The lowest BCUT2D eigenvalue weighted by Crippen LogP contribution is -2.22. The maximum atomic E-state index is 11.8. The SMILES string of the molecule is CC(=O)Nc1nc2c(s1)-c1c(c(-c3ccc(C)nc3)nn1-c1ccc(N(C)C(C)=O)cc1Cl)CC2. The highest BCUT2D eigenvalue weighted by Crippen LogP contribution is 2.45. The molecule has 4 aromatic rings. The van der Waals surface area contributed by atoms with Gasteiger partial charge in [0.25, 0.3) is 0 Å². The standard InChI is InChI=1S/C25H23ClN6O2S/c1-13-5-6-16(12-27-13)22-18-8-9-20-24(35-25(29-20)28-14(2)33)23(18)32(30-22)21-10-7-17(11-19(21)26)31(4)15(3)34/h5-7,10-12H,8-9H2,1-4H3,(H,28,29,33). The van der Waals surface area contributed by atoms with Crippen molar-refractivity contribution >= 4 is 45.6 Å². The van der Waals surface area contributed by atoms with E-state index < -0.39 is 0 Å². The molecule has 0 bridgehead atoms. The number of benzene rings is 1. The monoisotopic (exact) mass is 506 g/mol. The molecule has 8 nitrogen and oxygen atoms in total. The Morgan fingerprint density at radius 2 is 1.97 bits per heavy atom. The second kappa shape index (κ2) is 8.90. The molecule has 1 aliphatic carbocycles. The van der Waals surface area contributed by atoms with Crippen molar-refractivity contribution in [3.05, 3.63) is 58.5 Å². The minimum absolute atomic E-state index is 0.0840. The molecule has 5 rings (SSSR count). The van der Waals surface area contributed by atoms with E-state index in [1.54, 1.807) is 18.0 Å². The van der Waals surface area contributed by atoms with Crippen LogP contribution in [0.3, 0.4) is 0 Å². The molecule has 0 unspecified atom stereocenters. The number of carbonyl (C=O) groups is 2. The first-order chi connectivity index (χ1) is 16.7. The fourth-order valence-electron chi connectivity index (χ4n) is 4.15. The largest absolute Gasteiger partial charge is 0.316 e. The molecular formula is C25H23ClN6O2S. The van der Waals surface area contributed by atoms with E-state index in [2.05, 4.69) is 15.3 Å². The number of rotatable bonds is 4. The first-order valence-electron chi connectivity index (χ1n) is 11.1. The number of thiazole rings is 1. The average molecular weight is 507 g/mol. The van der Waals surface area contributed by atoms with Gasteiger partial charge in [0.1, 0.15) is 0 Å². The molecule has 0 spiro atoms. The molecule has 3 aromatic heterocycles. The summed E-state index contributed by atoms with van der Waals surface area (Å²) in [7, 11) is 1.71. The molecule has 0 saturated heterocycles. The van der Waals surface area contributed by atoms with Crippen LogP contribution in [0.25, 0.3) is 27.5 Å². The first kappa shape index (κ1) is 23.2. The second-order valence-electron chi connectivity index (χ2n) is 8.47. The number of fused-ring (bicyclic) bond motifs is 3. The maximum absolute atomic E-state index is 11.8. The molecule has 1 N–H and O–H groups in total. The highest BCUT2D eigenvalue weighted by atomic mass is 35.5. The molecule has 0 aliphatic heterocycles. The molecule has 1 aliphatic rings. The Kier molecular flexibility index (Phi) is 5.90. The van der Waals surface area contributed by atoms with Gasteiger partial charge in [-0.1, -0.05) is 22.9 Å². The second-order valence-corrected chi connectivity index (χ2v) is 9.87. The van der Waals surface area contributed by atoms with E-state index in [1.165, 1.54) is 25.2 Å². The number of carbonyl (C=O) groups excluding carboxylic acids is 2. The molecular weight excluding hydrogens is 484 g/mol. The van der Waals surface area contributed by atoms with Crippen LogP contribution in [0.15, 0.2) is 36.5 Å². The highest BCUT2D eigenvalue weighted by Gasteiger charge is 2.30. The number of nitrogens with one attached hydrogen (secondary N) is 1. The van der Waals surface area contributed by atoms with Crippen LogP contribution in [0.5, 0.6) is 0 Å². The van der Waals surface area contributed by atoms with Crippen molar-refractivity contribution in [3.63, 3.8) is 0 Å². The minimum Gasteiger partial charge on any atom is -0.316 e. The number of nitrogens with zero attached hydrogens (tertiary/aromatic N) is 5. The van der Waals surface area contributed by atoms with Crippen LogP contribution < -0.4 is 10.2 Å². The van der Waals surface area contributed by atoms with Crippen molar-refractivity contribution in [2.24, 2.45) is 0 Å². The van der Waals surface area contributed by atoms with Gasteiger partial charge in [-0.05, 0) is 50.1 Å². The Labute approximate surface area is 211 Å². The van der Waals surface area contributed by atoms with E-state index in [0.717, 1.165) is 51.6 Å². The summed E-state index contributed by atoms with van der Waals surface area (Å²) in [6, 6.07) is 9.47. The number of hydrogen-bond acceptors (Lipinski definition) is 6. The Balaban J connectivity index is 1.71. The molecule has 35 heavy (non-hydrogen) atoms. The third-order valence-corrected chi connectivity index (χ3v) is 7.32. The van der Waals surface area contributed by atoms with Gasteiger partial charge < -0.3 is 10.2 Å². The van der Waals surface area contributed by atoms with E-state index in [0.29, 0.717) is 21.5 Å². The number of hydrogen-bond donors (Lipinski definition) is 1. The van der Waals surface area contributed by atoms with Gasteiger partial charge in [0.2, 0.25) is 11.8 Å². The highest BCUT2D eigenvalue weighted by molar-refractivity contribution is 7.19. The number of halogens is 1. The van der Waals surface area contributed by atoms with Crippen LogP contribution in [0, 0.1) is 6.92 Å². The van der Waals surface area contributed by atoms with Crippen molar-refractivity contribution in [1.82, 2.24) is 19.7 Å². The third kappa shape index (κ3) is 4.21. The van der Waals surface area contributed by atoms with Crippen LogP contribution in [0.4, 0.5) is 10.8 Å². The molecule has 1 aromatic carbocycles. The Bertz CT molecular complexity index is 1470. The fourth-order valence-corrected chi connectivity index (χ4v) is 5.52. The number of pyridine rings is 1. The smallest absolute Gasteiger partial charge is 0.223 e. The van der Waals surface area contributed by atoms with Gasteiger partial charge in [-0.2, -0.15) is 5.10 Å². The molecule has 0 fully saturated rings. The van der Waals surface area contributed by atoms with Gasteiger partial charge in [-0.25, -0.2) is 9.67 Å². The van der Waals surface area contributed by atoms with Crippen molar-refractivity contribution in [1.29, 1.82) is 0 Å². The molecule has 178 valence electrons. The number of aromatic nitrogens is 4. The number of amides is 2. The zero-order valence-electron chi connectivity index (χ0n) is 19.7. The van der Waals surface area contributed by atoms with Crippen LogP contribution in [-0.4, -0.2) is 38.6 Å². The van der Waals surface area contributed by atoms with E-state index in [1.807, 2.05) is 42.1 Å². The van der Waals surface area contributed by atoms with Crippen molar-refractivity contribution in [2.75, 3.05) is 17.3 Å². The Hall–Kier alpha value is -3.56. The predicted octanol–water partition coefficient (Wildman–Crippen LogP) is 5.06. The van der Waals surface area contributed by atoms with Gasteiger partial charge in [-0.15, -0.1) is 0 Å². The minimum atomic E-state index is -0.163. The van der Waals surface area contributed by atoms with Crippen LogP contribution >= 0.6 is 22.9 Å². The zero-order chi connectivity index (χ0) is 24.9. The summed E-state index contributed by atoms with van der Waals surface area (Å²) in [5, 5.41) is 8.84. The number of anilines is 2. The van der Waals surface area contributed by atoms with E-state index >= 15 is 0 Å². The van der Waals surface area contributed by atoms with Gasteiger partial charge in [0.15, 0.2) is 5.13 Å². The van der Waals surface area contributed by atoms with Crippen molar-refractivity contribution in [2.45, 2.75) is 33.6 Å². The average Bonchev–Trinajstić information content (AvgIpc) is 3.39. The van der Waals surface area contributed by atoms with Crippen LogP contribution in [0.1, 0.15) is 30.8 Å². The summed E-state index contributed by atoms with van der Waals surface area (Å²) in [5.74, 6) is -0.247. The van der Waals surface area contributed by atoms with Gasteiger partial charge in [-0.3, -0.25) is 14.6 Å². The van der Waals surface area contributed by atoms with Gasteiger partial charge >= 0.3 is 0 Å². The zero-order valence-corrected chi connectivity index (χ0v) is 21.3. The first-order valence-corrected chi connectivity index (χ1v) is 12.3. The fraction of sp³-hybridized carbons (Fsp3) is 0.240. The molecule has 0 saturated carbocycles. The molecule has 2 amide bonds. The summed E-state index contributed by atoms with van der Waals surface area (Å²) in [5.41, 5.74) is 7.00. The predicted molar refractivity (Wildman–Crippen MR) is 138 cm³/mol. The number of aryl methyl sites for hydroxylation is 2. The normalized spacial score (nSPS) is 12.1. The summed E-state index contributed by atoms with van der Waals surface area (Å²) < 4.78 is 1.85. The van der Waals surface area contributed by atoms with Crippen LogP contribution in [-0.2, 0) is 22.4 Å². The van der Waals surface area contributed by atoms with E-state index in [-0.39, 0.29) is 11.8 Å². The molecule has 0 radical (unpaired) electrons. The lowest BCUT2D eigenvalue weighted by atomic mass is 9.95. The summed E-state index contributed by atoms with van der Waals surface area (Å²) >= 11 is 8.18. The maximum Gasteiger partial charge on any atom is 0.223 e. The lowest BCUT2D eigenvalue weighted by Gasteiger charge is -2.18. The van der Waals surface area contributed by atoms with Crippen molar-refractivity contribution < 1.29 is 9.59 Å². The van der Waals surface area contributed by atoms with Gasteiger partial charge in [0.05, 0.1) is 32.7 Å². The van der Waals surface area contributed by atoms with E-state index in [9.17, 15) is 9.59 Å². The van der Waals surface area contributed by atoms with Crippen molar-refractivity contribution in [3.8, 4) is 27.5 Å². The molecule has 10 heteroatoms. The summed E-state index contributed by atoms with van der Waals surface area (Å²) in [6.45, 7) is 4.92. The van der Waals surface area contributed by atoms with E-state index in [4.69, 9.17) is 16.7 Å². The topological polar surface area (TPSA) is 93.0 Å². The molecule has 3 heterocycles. The quantitative estimate of drug-likeness (QED) is 0.417.